The van der Waals surface area contributed by atoms with Gasteiger partial charge in [0, 0.05) is 12.1 Å². The molecule has 0 unspecified atom stereocenters. The van der Waals surface area contributed by atoms with Crippen molar-refractivity contribution in [3.8, 4) is 0 Å². The molecule has 3 aliphatic heterocycles. The molecule has 0 aromatic carbocycles. The van der Waals surface area contributed by atoms with Crippen molar-refractivity contribution in [1.29, 1.82) is 0 Å². The molecule has 0 saturated carbocycles. The van der Waals surface area contributed by atoms with E-state index in [0.29, 0.717) is 12.1 Å². The fourth-order valence-electron chi connectivity index (χ4n) is 0.564. The van der Waals surface area contributed by atoms with E-state index in [4.69, 9.17) is 0 Å². The molecule has 5 heavy (non-hydrogen) atoms. The highest BCUT2D eigenvalue weighted by Crippen LogP contribution is 2.06. The number of hydrogen-bond acceptors (Lipinski definition) is 2. The van der Waals surface area contributed by atoms with Gasteiger partial charge >= 0.3 is 0 Å². The lowest BCUT2D eigenvalue weighted by atomic mass is 9.54. The Morgan fingerprint density at radius 3 is 1.40 bits per heavy atom. The minimum Gasteiger partial charge on any atom is -0.302 e. The van der Waals surface area contributed by atoms with Crippen LogP contribution in [0.4, 0.5) is 0 Å². The zero-order valence-electron chi connectivity index (χ0n) is 2.73. The molecule has 0 aliphatic carbocycles. The Hall–Kier alpha value is -0.0151. The Balaban J connectivity index is 2.19. The quantitative estimate of drug-likeness (QED) is 0.335. The third kappa shape index (κ3) is 0.109. The van der Waals surface area contributed by atoms with Crippen molar-refractivity contribution < 1.29 is 0 Å². The fraction of sp³-hybridized carbons (Fsp3) is 1.00. The Morgan fingerprint density at radius 2 is 1.40 bits per heavy atom. The van der Waals surface area contributed by atoms with E-state index in [9.17, 15) is 0 Å². The minimum absolute atomic E-state index is 0.583. The molecule has 1 radical (unpaired) electrons. The van der Waals surface area contributed by atoms with Crippen LogP contribution in [-0.4, -0.2) is 19.4 Å². The number of rotatable bonds is 0. The summed E-state index contributed by atoms with van der Waals surface area (Å²) in [5, 5.41) is 6.28. The molecule has 2 N–H and O–H groups in total. The Morgan fingerprint density at radius 1 is 1.20 bits per heavy atom. The van der Waals surface area contributed by atoms with Gasteiger partial charge in [-0.3, -0.25) is 0 Å². The second kappa shape index (κ2) is 0.440. The molecule has 0 aromatic rings. The minimum atomic E-state index is 0.583. The van der Waals surface area contributed by atoms with Crippen molar-refractivity contribution in [3.05, 3.63) is 0 Å². The highest BCUT2D eigenvalue weighted by atomic mass is 15.4. The Bertz CT molecular complexity index is 44.4. The van der Waals surface area contributed by atoms with Gasteiger partial charge in [-0.05, 0) is 0 Å². The molecule has 2 bridgehead atoms. The molecule has 0 atom stereocenters. The number of hydrogen-bond donors (Lipinski definition) is 2. The lowest BCUT2D eigenvalue weighted by molar-refractivity contribution is 0.269. The molecule has 3 heterocycles. The van der Waals surface area contributed by atoms with Gasteiger partial charge < -0.3 is 10.6 Å². The Kier molecular flexibility index (Phi) is 0.194. The second-order valence-electron chi connectivity index (χ2n) is 1.48. The number of nitrogens with one attached hydrogen (secondary N) is 2. The summed E-state index contributed by atoms with van der Waals surface area (Å²) in [5.74, 6) is 0. The third-order valence-corrected chi connectivity index (χ3v) is 1.10. The second-order valence-corrected chi connectivity index (χ2v) is 1.48. The highest BCUT2D eigenvalue weighted by Gasteiger charge is 2.41. The van der Waals surface area contributed by atoms with E-state index in [1.54, 1.807) is 0 Å². The van der Waals surface area contributed by atoms with E-state index in [-0.39, 0.29) is 0 Å². The molecule has 3 heteroatoms. The van der Waals surface area contributed by atoms with Gasteiger partial charge in [0.15, 0.2) is 7.28 Å². The van der Waals surface area contributed by atoms with Crippen LogP contribution in [0.1, 0.15) is 0 Å². The van der Waals surface area contributed by atoms with Gasteiger partial charge in [0.2, 0.25) is 0 Å². The lowest BCUT2D eigenvalue weighted by Crippen LogP contribution is -2.86. The van der Waals surface area contributed by atoms with Crippen molar-refractivity contribution in [1.82, 2.24) is 10.6 Å². The summed E-state index contributed by atoms with van der Waals surface area (Å²) in [4.78, 5) is 0. The fourth-order valence-corrected chi connectivity index (χ4v) is 0.564. The van der Waals surface area contributed by atoms with Crippen LogP contribution >= 0.6 is 0 Å². The zero-order valence-corrected chi connectivity index (χ0v) is 2.73. The molecule has 0 aromatic heterocycles. The normalized spacial score (nSPS) is 56.0. The molecule has 3 fully saturated rings. The van der Waals surface area contributed by atoms with Crippen molar-refractivity contribution >= 4 is 7.28 Å². The molecular formula is C2H4BN2. The summed E-state index contributed by atoms with van der Waals surface area (Å²) >= 11 is 0. The van der Waals surface area contributed by atoms with Crippen molar-refractivity contribution in [3.63, 3.8) is 0 Å². The molecular weight excluding hydrogens is 62.8 g/mol. The van der Waals surface area contributed by atoms with Crippen LogP contribution < -0.4 is 10.6 Å². The van der Waals surface area contributed by atoms with E-state index in [2.05, 4.69) is 17.9 Å². The van der Waals surface area contributed by atoms with Gasteiger partial charge in [-0.25, -0.2) is 0 Å². The SMILES string of the molecule is [B]1C2NC1N2. The standard InChI is InChI=1S/C2H4BN2/c3-1-4-2(3)5-1/h1-2,4-5H. The predicted molar refractivity (Wildman–Crippen MR) is 19.6 cm³/mol. The summed E-state index contributed by atoms with van der Waals surface area (Å²) in [7, 11) is 2.22. The molecule has 0 spiro atoms. The van der Waals surface area contributed by atoms with E-state index < -0.39 is 0 Å². The van der Waals surface area contributed by atoms with E-state index in [1.165, 1.54) is 0 Å². The van der Waals surface area contributed by atoms with E-state index in [0.717, 1.165) is 0 Å². The molecule has 25 valence electrons. The van der Waals surface area contributed by atoms with Crippen molar-refractivity contribution in [2.24, 2.45) is 0 Å². The molecule has 3 saturated heterocycles. The maximum absolute atomic E-state index is 3.14. The van der Waals surface area contributed by atoms with Crippen LogP contribution in [0.3, 0.4) is 0 Å². The van der Waals surface area contributed by atoms with Crippen molar-refractivity contribution in [2.75, 3.05) is 0 Å². The predicted octanol–water partition coefficient (Wildman–Crippen LogP) is -1.54. The van der Waals surface area contributed by atoms with Gasteiger partial charge in [0.1, 0.15) is 0 Å². The van der Waals surface area contributed by atoms with Crippen LogP contribution in [0.15, 0.2) is 0 Å². The van der Waals surface area contributed by atoms with Gasteiger partial charge in [-0.2, -0.15) is 0 Å². The summed E-state index contributed by atoms with van der Waals surface area (Å²) in [6.45, 7) is 0. The topological polar surface area (TPSA) is 24.1 Å². The summed E-state index contributed by atoms with van der Waals surface area (Å²) in [5.41, 5.74) is 0. The van der Waals surface area contributed by atoms with Gasteiger partial charge in [-0.15, -0.1) is 0 Å². The van der Waals surface area contributed by atoms with Crippen LogP contribution in [0.5, 0.6) is 0 Å². The third-order valence-electron chi connectivity index (χ3n) is 1.10. The summed E-state index contributed by atoms with van der Waals surface area (Å²) in [6, 6.07) is 1.17. The maximum Gasteiger partial charge on any atom is 0.194 e. The van der Waals surface area contributed by atoms with Gasteiger partial charge in [0.05, 0.1) is 0 Å². The molecule has 3 rings (SSSR count). The molecule has 0 amide bonds. The van der Waals surface area contributed by atoms with Crippen molar-refractivity contribution in [2.45, 2.75) is 12.1 Å². The molecule has 2 nitrogen and oxygen atoms in total. The van der Waals surface area contributed by atoms with Crippen LogP contribution in [-0.2, 0) is 0 Å². The summed E-state index contributed by atoms with van der Waals surface area (Å²) < 4.78 is 0. The first-order valence-electron chi connectivity index (χ1n) is 1.82. The largest absolute Gasteiger partial charge is 0.302 e. The van der Waals surface area contributed by atoms with E-state index >= 15 is 0 Å². The first-order chi connectivity index (χ1) is 2.45. The lowest BCUT2D eigenvalue weighted by Gasteiger charge is -2.51. The highest BCUT2D eigenvalue weighted by molar-refractivity contribution is 6.47. The average molecular weight is 66.9 g/mol. The van der Waals surface area contributed by atoms with Crippen LogP contribution in [0.25, 0.3) is 0 Å². The molecule has 3 aliphatic rings. The summed E-state index contributed by atoms with van der Waals surface area (Å²) in [6.07, 6.45) is 0. The van der Waals surface area contributed by atoms with Crippen LogP contribution in [0.2, 0.25) is 0 Å². The smallest absolute Gasteiger partial charge is 0.194 e. The van der Waals surface area contributed by atoms with E-state index in [1.807, 2.05) is 0 Å². The zero-order chi connectivity index (χ0) is 3.28. The van der Waals surface area contributed by atoms with Gasteiger partial charge in [-0.1, -0.05) is 0 Å². The maximum atomic E-state index is 3.14. The monoisotopic (exact) mass is 67.0 g/mol. The Labute approximate surface area is 31.2 Å². The van der Waals surface area contributed by atoms with Gasteiger partial charge in [0.25, 0.3) is 0 Å². The average Bonchev–Trinajstić information content (AvgIpc) is 0.592. The first kappa shape index (κ1) is 2.21. The van der Waals surface area contributed by atoms with Crippen LogP contribution in [0, 0.1) is 0 Å². The first-order valence-corrected chi connectivity index (χ1v) is 1.82.